The van der Waals surface area contributed by atoms with Gasteiger partial charge in [-0.3, -0.25) is 9.59 Å². The third-order valence-corrected chi connectivity index (χ3v) is 7.17. The van der Waals surface area contributed by atoms with Crippen LogP contribution in [0.5, 0.6) is 0 Å². The molecule has 2 aliphatic rings. The zero-order chi connectivity index (χ0) is 19.6. The molecule has 0 aromatic heterocycles. The Balaban J connectivity index is 1.91. The summed E-state index contributed by atoms with van der Waals surface area (Å²) in [6.07, 6.45) is 0. The molecule has 1 aromatic rings. The number of hydrogen-bond acceptors (Lipinski definition) is 6. The highest BCUT2D eigenvalue weighted by Crippen LogP contribution is 2.37. The molecule has 2 amide bonds. The number of sulfonamides is 1. The Morgan fingerprint density at radius 1 is 1.30 bits per heavy atom. The Kier molecular flexibility index (Phi) is 6.09. The Labute approximate surface area is 163 Å². The number of rotatable bonds is 5. The quantitative estimate of drug-likeness (QED) is 0.762. The zero-order valence-electron chi connectivity index (χ0n) is 15.3. The Morgan fingerprint density at radius 2 is 2.00 bits per heavy atom. The Hall–Kier alpha value is -1.62. The van der Waals surface area contributed by atoms with Crippen LogP contribution in [0.25, 0.3) is 0 Å². The molecule has 1 N–H and O–H groups in total. The maximum atomic E-state index is 12.9. The normalized spacial score (nSPS) is 18.5. The smallest absolute Gasteiger partial charge is 0.243 e. The number of ether oxygens (including phenoxy) is 1. The van der Waals surface area contributed by atoms with Crippen LogP contribution in [-0.4, -0.2) is 69.2 Å². The van der Waals surface area contributed by atoms with Gasteiger partial charge in [-0.1, -0.05) is 0 Å². The van der Waals surface area contributed by atoms with Crippen molar-refractivity contribution in [1.82, 2.24) is 9.62 Å². The van der Waals surface area contributed by atoms with E-state index in [0.29, 0.717) is 32.0 Å². The molecule has 1 aromatic carbocycles. The third-order valence-electron chi connectivity index (χ3n) is 4.23. The van der Waals surface area contributed by atoms with E-state index in [9.17, 15) is 18.0 Å². The fourth-order valence-electron chi connectivity index (χ4n) is 2.96. The standard InChI is InChI=1S/C17H23N3O5S2/c1-12(2)18-16(21)10-20-14-9-13(3-4-15(14)26-11-17(20)22)27(23,24)19-5-7-25-8-6-19/h3-4,9,12H,5-8,10-11H2,1-2H3,(H,18,21). The first-order valence-electron chi connectivity index (χ1n) is 8.73. The van der Waals surface area contributed by atoms with Crippen LogP contribution >= 0.6 is 11.8 Å². The summed E-state index contributed by atoms with van der Waals surface area (Å²) in [6.45, 7) is 4.87. The van der Waals surface area contributed by atoms with Gasteiger partial charge in [-0.25, -0.2) is 8.42 Å². The van der Waals surface area contributed by atoms with E-state index in [4.69, 9.17) is 4.74 Å². The van der Waals surface area contributed by atoms with Crippen molar-refractivity contribution in [3.8, 4) is 0 Å². The molecule has 0 saturated carbocycles. The second kappa shape index (κ2) is 8.17. The van der Waals surface area contributed by atoms with Gasteiger partial charge in [0.1, 0.15) is 6.54 Å². The molecule has 1 fully saturated rings. The average molecular weight is 414 g/mol. The van der Waals surface area contributed by atoms with Crippen molar-refractivity contribution in [3.05, 3.63) is 18.2 Å². The van der Waals surface area contributed by atoms with E-state index < -0.39 is 10.0 Å². The number of benzene rings is 1. The fourth-order valence-corrected chi connectivity index (χ4v) is 5.31. The first-order chi connectivity index (χ1) is 12.8. The van der Waals surface area contributed by atoms with Crippen molar-refractivity contribution in [2.45, 2.75) is 29.7 Å². The molecule has 0 radical (unpaired) electrons. The Morgan fingerprint density at radius 3 is 2.67 bits per heavy atom. The number of hydrogen-bond donors (Lipinski definition) is 1. The molecule has 148 valence electrons. The van der Waals surface area contributed by atoms with E-state index in [2.05, 4.69) is 5.32 Å². The van der Waals surface area contributed by atoms with Gasteiger partial charge < -0.3 is 15.0 Å². The van der Waals surface area contributed by atoms with Gasteiger partial charge in [0.25, 0.3) is 0 Å². The highest BCUT2D eigenvalue weighted by atomic mass is 32.2. The number of fused-ring (bicyclic) bond motifs is 1. The summed E-state index contributed by atoms with van der Waals surface area (Å²) < 4.78 is 32.4. The summed E-state index contributed by atoms with van der Waals surface area (Å²) >= 11 is 1.35. The van der Waals surface area contributed by atoms with Crippen LogP contribution in [-0.2, 0) is 24.3 Å². The molecule has 0 atom stereocenters. The van der Waals surface area contributed by atoms with Crippen LogP contribution < -0.4 is 10.2 Å². The van der Waals surface area contributed by atoms with Crippen LogP contribution in [0.2, 0.25) is 0 Å². The predicted molar refractivity (Wildman–Crippen MR) is 102 cm³/mol. The van der Waals surface area contributed by atoms with Crippen molar-refractivity contribution in [2.75, 3.05) is 43.5 Å². The largest absolute Gasteiger partial charge is 0.379 e. The van der Waals surface area contributed by atoms with Gasteiger partial charge in [-0.05, 0) is 32.0 Å². The molecule has 1 saturated heterocycles. The number of amides is 2. The number of carbonyl (C=O) groups is 2. The lowest BCUT2D eigenvalue weighted by atomic mass is 10.2. The van der Waals surface area contributed by atoms with Crippen LogP contribution in [0.15, 0.2) is 28.0 Å². The SMILES string of the molecule is CC(C)NC(=O)CN1C(=O)CSc2ccc(S(=O)(=O)N3CCOCC3)cc21. The van der Waals surface area contributed by atoms with Crippen molar-refractivity contribution >= 4 is 39.3 Å². The van der Waals surface area contributed by atoms with E-state index in [1.807, 2.05) is 13.8 Å². The van der Waals surface area contributed by atoms with Crippen LogP contribution in [0.3, 0.4) is 0 Å². The molecule has 3 rings (SSSR count). The third kappa shape index (κ3) is 4.45. The van der Waals surface area contributed by atoms with E-state index in [0.717, 1.165) is 4.90 Å². The first kappa shape index (κ1) is 20.1. The van der Waals surface area contributed by atoms with Gasteiger partial charge in [0.05, 0.1) is 29.5 Å². The van der Waals surface area contributed by atoms with E-state index in [-0.39, 0.29) is 35.0 Å². The summed E-state index contributed by atoms with van der Waals surface area (Å²) in [5.41, 5.74) is 0.462. The second-order valence-electron chi connectivity index (χ2n) is 6.64. The van der Waals surface area contributed by atoms with Crippen LogP contribution in [0, 0.1) is 0 Å². The highest BCUT2D eigenvalue weighted by molar-refractivity contribution is 8.00. The molecule has 0 unspecified atom stereocenters. The van der Waals surface area contributed by atoms with Gasteiger partial charge in [-0.15, -0.1) is 11.8 Å². The van der Waals surface area contributed by atoms with Crippen molar-refractivity contribution < 1.29 is 22.7 Å². The Bertz CT molecular complexity index is 835. The number of anilines is 1. The molecular formula is C17H23N3O5S2. The first-order valence-corrected chi connectivity index (χ1v) is 11.2. The monoisotopic (exact) mass is 413 g/mol. The molecule has 0 spiro atoms. The lowest BCUT2D eigenvalue weighted by Gasteiger charge is -2.30. The molecule has 8 nitrogen and oxygen atoms in total. The highest BCUT2D eigenvalue weighted by Gasteiger charge is 2.31. The minimum absolute atomic E-state index is 0.0423. The molecule has 10 heteroatoms. The zero-order valence-corrected chi connectivity index (χ0v) is 16.9. The lowest BCUT2D eigenvalue weighted by Crippen LogP contribution is -2.45. The number of nitrogens with one attached hydrogen (secondary N) is 1. The van der Waals surface area contributed by atoms with Gasteiger partial charge in [-0.2, -0.15) is 4.31 Å². The maximum Gasteiger partial charge on any atom is 0.243 e. The number of nitrogens with zero attached hydrogens (tertiary/aromatic N) is 2. The number of morpholine rings is 1. The summed E-state index contributed by atoms with van der Waals surface area (Å²) in [7, 11) is -3.68. The van der Waals surface area contributed by atoms with Crippen molar-refractivity contribution in [3.63, 3.8) is 0 Å². The van der Waals surface area contributed by atoms with Crippen LogP contribution in [0.4, 0.5) is 5.69 Å². The van der Waals surface area contributed by atoms with E-state index in [1.165, 1.54) is 27.0 Å². The number of thioether (sulfide) groups is 1. The molecule has 27 heavy (non-hydrogen) atoms. The number of carbonyl (C=O) groups excluding carboxylic acids is 2. The summed E-state index contributed by atoms with van der Waals surface area (Å²) in [6, 6.07) is 4.71. The summed E-state index contributed by atoms with van der Waals surface area (Å²) in [5.74, 6) is -0.276. The van der Waals surface area contributed by atoms with E-state index in [1.54, 1.807) is 12.1 Å². The maximum absolute atomic E-state index is 12.9. The van der Waals surface area contributed by atoms with Gasteiger partial charge in [0.15, 0.2) is 0 Å². The molecular weight excluding hydrogens is 390 g/mol. The minimum Gasteiger partial charge on any atom is -0.379 e. The average Bonchev–Trinajstić information content (AvgIpc) is 2.64. The minimum atomic E-state index is -3.68. The van der Waals surface area contributed by atoms with Gasteiger partial charge in [0, 0.05) is 24.0 Å². The van der Waals surface area contributed by atoms with Crippen molar-refractivity contribution in [2.24, 2.45) is 0 Å². The predicted octanol–water partition coefficient (Wildman–Crippen LogP) is 0.671. The molecule has 2 heterocycles. The van der Waals surface area contributed by atoms with Crippen molar-refractivity contribution in [1.29, 1.82) is 0 Å². The molecule has 0 bridgehead atoms. The molecule has 0 aliphatic carbocycles. The molecule has 2 aliphatic heterocycles. The van der Waals surface area contributed by atoms with E-state index >= 15 is 0 Å². The lowest BCUT2D eigenvalue weighted by molar-refractivity contribution is -0.123. The topological polar surface area (TPSA) is 96.0 Å². The summed E-state index contributed by atoms with van der Waals surface area (Å²) in [5, 5.41) is 2.76. The summed E-state index contributed by atoms with van der Waals surface area (Å²) in [4.78, 5) is 26.8. The van der Waals surface area contributed by atoms with Crippen LogP contribution in [0.1, 0.15) is 13.8 Å². The fraction of sp³-hybridized carbons (Fsp3) is 0.529. The second-order valence-corrected chi connectivity index (χ2v) is 9.59. The van der Waals surface area contributed by atoms with Gasteiger partial charge in [0.2, 0.25) is 21.8 Å². The van der Waals surface area contributed by atoms with Gasteiger partial charge >= 0.3 is 0 Å².